The zero-order valence-corrected chi connectivity index (χ0v) is 14.2. The topological polar surface area (TPSA) is 61.4 Å². The number of carbonyl (C=O) groups excluding carboxylic acids is 1. The van der Waals surface area contributed by atoms with E-state index in [1.54, 1.807) is 12.1 Å². The van der Waals surface area contributed by atoms with Crippen molar-refractivity contribution in [2.75, 3.05) is 19.6 Å². The Bertz CT molecular complexity index is 495. The number of hydrogen-bond donors (Lipinski definition) is 3. The molecule has 0 aliphatic carbocycles. The Morgan fingerprint density at radius 3 is 2.87 bits per heavy atom. The molecule has 0 bridgehead atoms. The zero-order valence-electron chi connectivity index (χ0n) is 13.4. The SMILES string of the molecule is CC(CC(=O)NCC(O)c1ccccc1F)C1CCCNC1.Cl. The molecular weight excluding hydrogens is 319 g/mol. The second kappa shape index (κ2) is 9.85. The van der Waals surface area contributed by atoms with Gasteiger partial charge in [-0.25, -0.2) is 4.39 Å². The molecule has 1 aliphatic heterocycles. The molecule has 0 radical (unpaired) electrons. The third-order valence-corrected chi connectivity index (χ3v) is 4.40. The van der Waals surface area contributed by atoms with Crippen LogP contribution < -0.4 is 10.6 Å². The highest BCUT2D eigenvalue weighted by atomic mass is 35.5. The molecule has 3 atom stereocenters. The standard InChI is InChI=1S/C17H25FN2O2.ClH/c1-12(13-5-4-8-19-10-13)9-17(22)20-11-16(21)14-6-2-3-7-15(14)18;/h2-3,6-7,12-13,16,19,21H,4-5,8-11H2,1H3,(H,20,22);1H. The summed E-state index contributed by atoms with van der Waals surface area (Å²) in [6, 6.07) is 6.08. The summed E-state index contributed by atoms with van der Waals surface area (Å²) in [7, 11) is 0. The van der Waals surface area contributed by atoms with Crippen molar-refractivity contribution in [3.63, 3.8) is 0 Å². The van der Waals surface area contributed by atoms with Gasteiger partial charge in [0.2, 0.25) is 5.91 Å². The van der Waals surface area contributed by atoms with Gasteiger partial charge in [-0.15, -0.1) is 12.4 Å². The number of amides is 1. The summed E-state index contributed by atoms with van der Waals surface area (Å²) in [5.41, 5.74) is 0.215. The van der Waals surface area contributed by atoms with Gasteiger partial charge in [-0.05, 0) is 43.8 Å². The van der Waals surface area contributed by atoms with Crippen LogP contribution in [0.3, 0.4) is 0 Å². The molecule has 1 heterocycles. The van der Waals surface area contributed by atoms with E-state index in [9.17, 15) is 14.3 Å². The molecule has 6 heteroatoms. The van der Waals surface area contributed by atoms with Crippen LogP contribution in [0.15, 0.2) is 24.3 Å². The molecule has 130 valence electrons. The molecule has 0 saturated carbocycles. The number of halogens is 2. The van der Waals surface area contributed by atoms with E-state index in [0.29, 0.717) is 18.3 Å². The Morgan fingerprint density at radius 1 is 1.48 bits per heavy atom. The number of benzene rings is 1. The van der Waals surface area contributed by atoms with Gasteiger partial charge in [-0.2, -0.15) is 0 Å². The minimum atomic E-state index is -1.02. The van der Waals surface area contributed by atoms with Gasteiger partial charge in [0.05, 0.1) is 6.10 Å². The van der Waals surface area contributed by atoms with Gasteiger partial charge in [0, 0.05) is 18.5 Å². The number of piperidine rings is 1. The monoisotopic (exact) mass is 344 g/mol. The van der Waals surface area contributed by atoms with Crippen molar-refractivity contribution < 1.29 is 14.3 Å². The maximum atomic E-state index is 13.5. The Balaban J connectivity index is 0.00000264. The molecule has 4 nitrogen and oxygen atoms in total. The van der Waals surface area contributed by atoms with E-state index in [1.807, 2.05) is 0 Å². The molecular formula is C17H26ClFN2O2. The van der Waals surface area contributed by atoms with E-state index in [1.165, 1.54) is 12.1 Å². The van der Waals surface area contributed by atoms with Gasteiger partial charge in [0.25, 0.3) is 0 Å². The molecule has 1 amide bonds. The first-order valence-corrected chi connectivity index (χ1v) is 7.98. The van der Waals surface area contributed by atoms with E-state index in [0.717, 1.165) is 25.9 Å². The summed E-state index contributed by atoms with van der Waals surface area (Å²) in [4.78, 5) is 12.0. The first-order valence-electron chi connectivity index (χ1n) is 7.98. The van der Waals surface area contributed by atoms with Gasteiger partial charge in [0.1, 0.15) is 5.82 Å². The fraction of sp³-hybridized carbons (Fsp3) is 0.588. The van der Waals surface area contributed by atoms with Crippen molar-refractivity contribution in [2.24, 2.45) is 11.8 Å². The maximum absolute atomic E-state index is 13.5. The summed E-state index contributed by atoms with van der Waals surface area (Å²) in [6.45, 7) is 4.15. The van der Waals surface area contributed by atoms with E-state index < -0.39 is 11.9 Å². The zero-order chi connectivity index (χ0) is 15.9. The summed E-state index contributed by atoms with van der Waals surface area (Å²) < 4.78 is 13.5. The van der Waals surface area contributed by atoms with Crippen LogP contribution in [-0.2, 0) is 4.79 Å². The highest BCUT2D eigenvalue weighted by molar-refractivity contribution is 5.85. The fourth-order valence-electron chi connectivity index (χ4n) is 2.96. The maximum Gasteiger partial charge on any atom is 0.220 e. The second-order valence-corrected chi connectivity index (χ2v) is 6.13. The van der Waals surface area contributed by atoms with Crippen molar-refractivity contribution in [2.45, 2.75) is 32.3 Å². The van der Waals surface area contributed by atoms with Gasteiger partial charge >= 0.3 is 0 Å². The molecule has 1 aromatic carbocycles. The van der Waals surface area contributed by atoms with Crippen LogP contribution in [0.5, 0.6) is 0 Å². The predicted molar refractivity (Wildman–Crippen MR) is 91.0 cm³/mol. The number of nitrogens with one attached hydrogen (secondary N) is 2. The van der Waals surface area contributed by atoms with Gasteiger partial charge in [0.15, 0.2) is 0 Å². The Labute approximate surface area is 143 Å². The summed E-state index contributed by atoms with van der Waals surface area (Å²) >= 11 is 0. The van der Waals surface area contributed by atoms with Crippen LogP contribution in [0, 0.1) is 17.7 Å². The molecule has 23 heavy (non-hydrogen) atoms. The van der Waals surface area contributed by atoms with Gasteiger partial charge < -0.3 is 15.7 Å². The number of aliphatic hydroxyl groups excluding tert-OH is 1. The van der Waals surface area contributed by atoms with E-state index >= 15 is 0 Å². The molecule has 0 aromatic heterocycles. The van der Waals surface area contributed by atoms with Crippen molar-refractivity contribution in [1.29, 1.82) is 0 Å². The largest absolute Gasteiger partial charge is 0.386 e. The normalized spacial score (nSPS) is 20.2. The molecule has 2 rings (SSSR count). The lowest BCUT2D eigenvalue weighted by molar-refractivity contribution is -0.122. The number of hydrogen-bond acceptors (Lipinski definition) is 3. The predicted octanol–water partition coefficient (Wildman–Crippen LogP) is 2.42. The summed E-state index contributed by atoms with van der Waals surface area (Å²) in [5, 5.41) is 16.0. The number of carbonyl (C=O) groups is 1. The average molecular weight is 345 g/mol. The van der Waals surface area contributed by atoms with Crippen LogP contribution in [0.4, 0.5) is 4.39 Å². The highest BCUT2D eigenvalue weighted by Gasteiger charge is 2.22. The fourth-order valence-corrected chi connectivity index (χ4v) is 2.96. The van der Waals surface area contributed by atoms with Gasteiger partial charge in [-0.1, -0.05) is 25.1 Å². The Hall–Kier alpha value is -1.17. The smallest absolute Gasteiger partial charge is 0.220 e. The van der Waals surface area contributed by atoms with E-state index in [-0.39, 0.29) is 30.4 Å². The third-order valence-electron chi connectivity index (χ3n) is 4.40. The molecule has 3 unspecified atom stereocenters. The molecule has 1 aromatic rings. The van der Waals surface area contributed by atoms with Crippen LogP contribution in [0.25, 0.3) is 0 Å². The van der Waals surface area contributed by atoms with E-state index in [2.05, 4.69) is 17.6 Å². The highest BCUT2D eigenvalue weighted by Crippen LogP contribution is 2.22. The lowest BCUT2D eigenvalue weighted by Gasteiger charge is -2.28. The molecule has 0 spiro atoms. The number of rotatable bonds is 6. The quantitative estimate of drug-likeness (QED) is 0.742. The van der Waals surface area contributed by atoms with Crippen molar-refractivity contribution in [3.05, 3.63) is 35.6 Å². The minimum Gasteiger partial charge on any atom is -0.386 e. The van der Waals surface area contributed by atoms with Gasteiger partial charge in [-0.3, -0.25) is 4.79 Å². The number of aliphatic hydroxyl groups is 1. The summed E-state index contributed by atoms with van der Waals surface area (Å²) in [6.07, 6.45) is 1.73. The van der Waals surface area contributed by atoms with Crippen LogP contribution in [-0.4, -0.2) is 30.6 Å². The van der Waals surface area contributed by atoms with Crippen LogP contribution >= 0.6 is 12.4 Å². The Morgan fingerprint density at radius 2 is 2.22 bits per heavy atom. The van der Waals surface area contributed by atoms with Crippen molar-refractivity contribution in [1.82, 2.24) is 10.6 Å². The van der Waals surface area contributed by atoms with Crippen molar-refractivity contribution >= 4 is 18.3 Å². The average Bonchev–Trinajstić information content (AvgIpc) is 2.54. The molecule has 1 fully saturated rings. The first-order chi connectivity index (χ1) is 10.6. The Kier molecular flexibility index (Phi) is 8.52. The minimum absolute atomic E-state index is 0. The van der Waals surface area contributed by atoms with Crippen LogP contribution in [0.2, 0.25) is 0 Å². The lowest BCUT2D eigenvalue weighted by Crippen LogP contribution is -2.36. The molecule has 1 aliphatic rings. The van der Waals surface area contributed by atoms with E-state index in [4.69, 9.17) is 0 Å². The second-order valence-electron chi connectivity index (χ2n) is 6.13. The first kappa shape index (κ1) is 19.9. The van der Waals surface area contributed by atoms with Crippen molar-refractivity contribution in [3.8, 4) is 0 Å². The molecule has 1 saturated heterocycles. The molecule has 3 N–H and O–H groups in total. The van der Waals surface area contributed by atoms with Crippen LogP contribution in [0.1, 0.15) is 37.9 Å². The third kappa shape index (κ3) is 6.09. The lowest BCUT2D eigenvalue weighted by atomic mass is 9.85. The summed E-state index contributed by atoms with van der Waals surface area (Å²) in [5.74, 6) is 0.286.